The van der Waals surface area contributed by atoms with Gasteiger partial charge in [-0.3, -0.25) is 4.79 Å². The molecule has 0 aromatic carbocycles. The molecular weight excluding hydrogens is 594 g/mol. The highest BCUT2D eigenvalue weighted by Gasteiger charge is 2.20. The molecule has 3 atom stereocenters. The second-order valence-corrected chi connectivity index (χ2v) is 14.3. The third-order valence-electron chi connectivity index (χ3n) is 9.45. The van der Waals surface area contributed by atoms with Gasteiger partial charge in [0, 0.05) is 0 Å². The van der Waals surface area contributed by atoms with Crippen molar-refractivity contribution in [3.05, 3.63) is 36.5 Å². The molecule has 0 aliphatic rings. The molecule has 0 heterocycles. The molecule has 0 aliphatic carbocycles. The molecule has 0 radical (unpaired) electrons. The molecule has 0 saturated heterocycles. The molecule has 5 heteroatoms. The number of aliphatic hydroxyl groups excluding tert-OH is 3. The molecule has 0 spiro atoms. The minimum atomic E-state index is -0.933. The second kappa shape index (κ2) is 38.4. The van der Waals surface area contributed by atoms with Gasteiger partial charge in [0.05, 0.1) is 31.3 Å². The molecule has 0 aromatic rings. The van der Waals surface area contributed by atoms with E-state index in [2.05, 4.69) is 43.5 Å². The van der Waals surface area contributed by atoms with Crippen LogP contribution in [-0.2, 0) is 4.79 Å². The van der Waals surface area contributed by atoms with E-state index in [0.29, 0.717) is 6.42 Å². The number of allylic oxidation sites excluding steroid dienone is 5. The number of hydrogen-bond acceptors (Lipinski definition) is 4. The molecule has 4 N–H and O–H groups in total. The number of nitrogens with one attached hydrogen (secondary N) is 1. The van der Waals surface area contributed by atoms with Crippen LogP contribution in [0.3, 0.4) is 0 Å². The lowest BCUT2D eigenvalue weighted by Gasteiger charge is -2.21. The zero-order valence-electron chi connectivity index (χ0n) is 31.9. The highest BCUT2D eigenvalue weighted by molar-refractivity contribution is 5.76. The normalized spacial score (nSPS) is 14.0. The van der Waals surface area contributed by atoms with Gasteiger partial charge < -0.3 is 20.6 Å². The Hall–Kier alpha value is -1.43. The van der Waals surface area contributed by atoms with Crippen LogP contribution in [0.4, 0.5) is 0 Å². The van der Waals surface area contributed by atoms with Crippen LogP contribution in [-0.4, -0.2) is 46.1 Å². The van der Waals surface area contributed by atoms with Crippen LogP contribution < -0.4 is 5.32 Å². The highest BCUT2D eigenvalue weighted by atomic mass is 16.3. The molecule has 1 amide bonds. The van der Waals surface area contributed by atoms with Gasteiger partial charge in [0.15, 0.2) is 0 Å². The first-order valence-corrected chi connectivity index (χ1v) is 20.8. The van der Waals surface area contributed by atoms with Gasteiger partial charge >= 0.3 is 0 Å². The van der Waals surface area contributed by atoms with Crippen molar-refractivity contribution in [3.8, 4) is 0 Å². The Labute approximate surface area is 298 Å². The molecule has 48 heavy (non-hydrogen) atoms. The van der Waals surface area contributed by atoms with Crippen LogP contribution >= 0.6 is 0 Å². The number of carbonyl (C=O) groups is 1. The smallest absolute Gasteiger partial charge is 0.222 e. The van der Waals surface area contributed by atoms with Crippen molar-refractivity contribution in [2.24, 2.45) is 0 Å². The summed E-state index contributed by atoms with van der Waals surface area (Å²) in [6.07, 6.45) is 47.1. The summed E-state index contributed by atoms with van der Waals surface area (Å²) in [7, 11) is 0. The van der Waals surface area contributed by atoms with E-state index in [1.54, 1.807) is 6.08 Å². The molecule has 0 aromatic heterocycles. The molecule has 0 bridgehead atoms. The first kappa shape index (κ1) is 46.6. The summed E-state index contributed by atoms with van der Waals surface area (Å²) in [4.78, 5) is 12.4. The topological polar surface area (TPSA) is 89.8 Å². The average Bonchev–Trinajstić information content (AvgIpc) is 3.08. The van der Waals surface area contributed by atoms with Crippen LogP contribution in [0.15, 0.2) is 36.5 Å². The second-order valence-electron chi connectivity index (χ2n) is 14.3. The fourth-order valence-corrected chi connectivity index (χ4v) is 6.21. The molecule has 0 aliphatic heterocycles. The monoisotopic (exact) mass is 676 g/mol. The summed E-state index contributed by atoms with van der Waals surface area (Å²) in [6.45, 7) is 4.17. The zero-order valence-corrected chi connectivity index (χ0v) is 31.9. The third kappa shape index (κ3) is 34.4. The Balaban J connectivity index is 3.70. The average molecular weight is 676 g/mol. The first-order valence-electron chi connectivity index (χ1n) is 20.8. The Bertz CT molecular complexity index is 749. The number of amides is 1. The summed E-state index contributed by atoms with van der Waals surface area (Å²) < 4.78 is 0. The minimum absolute atomic E-state index is 0.000425. The maximum atomic E-state index is 12.4. The standard InChI is InChI=1S/C43H81NO4/c1-3-5-7-9-11-13-15-17-18-19-20-21-22-23-25-27-29-31-33-35-37-42(47)41(39-45)44-43(48)38-40(46)36-34-32-30-28-26-24-16-14-12-10-8-6-4-2/h12,14,16,24,35,37,40-42,45-47H,3-11,13,15,17-23,25-34,36,38-39H2,1-2H3,(H,44,48)/b14-12-,24-16-,37-35+. The first-order chi connectivity index (χ1) is 23.5. The largest absolute Gasteiger partial charge is 0.394 e. The van der Waals surface area contributed by atoms with Gasteiger partial charge in [-0.05, 0) is 44.9 Å². The van der Waals surface area contributed by atoms with Crippen molar-refractivity contribution >= 4 is 5.91 Å². The van der Waals surface area contributed by atoms with Crippen molar-refractivity contribution in [3.63, 3.8) is 0 Å². The zero-order chi connectivity index (χ0) is 35.2. The number of hydrogen-bond donors (Lipinski definition) is 4. The van der Waals surface area contributed by atoms with Gasteiger partial charge in [-0.2, -0.15) is 0 Å². The molecule has 0 fully saturated rings. The van der Waals surface area contributed by atoms with Gasteiger partial charge in [0.25, 0.3) is 0 Å². The van der Waals surface area contributed by atoms with E-state index in [4.69, 9.17) is 0 Å². The molecular formula is C43H81NO4. The quantitative estimate of drug-likeness (QED) is 0.0300. The molecule has 3 unspecified atom stereocenters. The number of aliphatic hydroxyl groups is 3. The van der Waals surface area contributed by atoms with Gasteiger partial charge in [-0.1, -0.05) is 192 Å². The van der Waals surface area contributed by atoms with Crippen LogP contribution in [0.2, 0.25) is 0 Å². The van der Waals surface area contributed by atoms with Crippen molar-refractivity contribution in [2.75, 3.05) is 6.61 Å². The van der Waals surface area contributed by atoms with E-state index in [9.17, 15) is 20.1 Å². The summed E-state index contributed by atoms with van der Waals surface area (Å²) in [5.74, 6) is -0.328. The number of unbranched alkanes of at least 4 members (excludes halogenated alkanes) is 25. The van der Waals surface area contributed by atoms with E-state index < -0.39 is 18.2 Å². The minimum Gasteiger partial charge on any atom is -0.394 e. The van der Waals surface area contributed by atoms with Crippen LogP contribution in [0, 0.1) is 0 Å². The Morgan fingerprint density at radius 1 is 0.542 bits per heavy atom. The predicted octanol–water partition coefficient (Wildman–Crippen LogP) is 11.6. The lowest BCUT2D eigenvalue weighted by molar-refractivity contribution is -0.124. The van der Waals surface area contributed by atoms with Crippen molar-refractivity contribution in [2.45, 2.75) is 225 Å². The lowest BCUT2D eigenvalue weighted by Crippen LogP contribution is -2.45. The molecule has 0 saturated carbocycles. The summed E-state index contributed by atoms with van der Waals surface area (Å²) in [5, 5.41) is 33.1. The highest BCUT2D eigenvalue weighted by Crippen LogP contribution is 2.15. The third-order valence-corrected chi connectivity index (χ3v) is 9.45. The number of carbonyl (C=O) groups excluding carboxylic acids is 1. The van der Waals surface area contributed by atoms with Gasteiger partial charge in [0.1, 0.15) is 0 Å². The van der Waals surface area contributed by atoms with Gasteiger partial charge in [-0.25, -0.2) is 0 Å². The predicted molar refractivity (Wildman–Crippen MR) is 208 cm³/mol. The van der Waals surface area contributed by atoms with Crippen molar-refractivity contribution < 1.29 is 20.1 Å². The Morgan fingerprint density at radius 3 is 1.38 bits per heavy atom. The molecule has 5 nitrogen and oxygen atoms in total. The fourth-order valence-electron chi connectivity index (χ4n) is 6.21. The summed E-state index contributed by atoms with van der Waals surface area (Å²) in [6, 6.07) is -0.750. The molecule has 0 rings (SSSR count). The van der Waals surface area contributed by atoms with E-state index in [1.165, 1.54) is 128 Å². The maximum Gasteiger partial charge on any atom is 0.222 e. The van der Waals surface area contributed by atoms with Gasteiger partial charge in [-0.15, -0.1) is 0 Å². The Kier molecular flexibility index (Phi) is 37.2. The van der Waals surface area contributed by atoms with E-state index in [1.807, 2.05) is 6.08 Å². The van der Waals surface area contributed by atoms with Crippen molar-refractivity contribution in [1.29, 1.82) is 0 Å². The van der Waals surface area contributed by atoms with Crippen LogP contribution in [0.25, 0.3) is 0 Å². The Morgan fingerprint density at radius 2 is 0.917 bits per heavy atom. The van der Waals surface area contributed by atoms with E-state index in [-0.39, 0.29) is 18.9 Å². The summed E-state index contributed by atoms with van der Waals surface area (Å²) in [5.41, 5.74) is 0. The lowest BCUT2D eigenvalue weighted by atomic mass is 10.0. The maximum absolute atomic E-state index is 12.4. The summed E-state index contributed by atoms with van der Waals surface area (Å²) >= 11 is 0. The number of rotatable bonds is 37. The van der Waals surface area contributed by atoms with Crippen LogP contribution in [0.5, 0.6) is 0 Å². The van der Waals surface area contributed by atoms with E-state index >= 15 is 0 Å². The van der Waals surface area contributed by atoms with E-state index in [0.717, 1.165) is 51.4 Å². The SMILES string of the molecule is CCCCC/C=C\C=C/CCCCCCC(O)CC(=O)NC(CO)C(O)/C=C/CCCCCCCCCCCCCCCCCCCC. The molecule has 282 valence electrons. The van der Waals surface area contributed by atoms with Crippen LogP contribution in [0.1, 0.15) is 206 Å². The van der Waals surface area contributed by atoms with Crippen molar-refractivity contribution in [1.82, 2.24) is 5.32 Å². The van der Waals surface area contributed by atoms with Gasteiger partial charge in [0.2, 0.25) is 5.91 Å². The fraction of sp³-hybridized carbons (Fsp3) is 0.837.